The number of hydrogen-bond acceptors (Lipinski definition) is 4. The van der Waals surface area contributed by atoms with Crippen LogP contribution in [0.15, 0.2) is 60.7 Å². The highest BCUT2D eigenvalue weighted by Crippen LogP contribution is 2.23. The van der Waals surface area contributed by atoms with Gasteiger partial charge in [0.15, 0.2) is 6.61 Å². The fraction of sp³-hybridized carbons (Fsp3) is 0.333. The van der Waals surface area contributed by atoms with Gasteiger partial charge in [0.1, 0.15) is 11.6 Å². The average Bonchev–Trinajstić information content (AvgIpc) is 2.74. The number of carbonyl (C=O) groups excluding carboxylic acids is 1. The van der Waals surface area contributed by atoms with E-state index in [-0.39, 0.29) is 18.6 Å². The van der Waals surface area contributed by atoms with Crippen LogP contribution < -0.4 is 15.4 Å². The van der Waals surface area contributed by atoms with Gasteiger partial charge in [0.05, 0.1) is 5.52 Å². The third-order valence-electron chi connectivity index (χ3n) is 5.40. The third-order valence-corrected chi connectivity index (χ3v) is 5.40. The first-order valence-electron chi connectivity index (χ1n) is 10.3. The summed E-state index contributed by atoms with van der Waals surface area (Å²) in [6, 6.07) is 20.6. The first kappa shape index (κ1) is 19.2. The van der Waals surface area contributed by atoms with Gasteiger partial charge in [-0.3, -0.25) is 4.79 Å². The molecule has 3 aromatic rings. The average molecular weight is 389 g/mol. The highest BCUT2D eigenvalue weighted by molar-refractivity contribution is 5.80. The van der Waals surface area contributed by atoms with Gasteiger partial charge >= 0.3 is 0 Å². The summed E-state index contributed by atoms with van der Waals surface area (Å²) in [5, 5.41) is 7.81. The molecule has 1 aromatic heterocycles. The SMILES string of the molecule is Cc1cccc(OCC(=O)NC2CCC(Nc3ccc4ccccc4n3)CC2)c1. The molecule has 1 heterocycles. The van der Waals surface area contributed by atoms with E-state index in [1.807, 2.05) is 55.5 Å². The van der Waals surface area contributed by atoms with Crippen LogP contribution in [0.4, 0.5) is 5.82 Å². The number of anilines is 1. The third kappa shape index (κ3) is 5.25. The fourth-order valence-electron chi connectivity index (χ4n) is 3.86. The van der Waals surface area contributed by atoms with E-state index in [1.165, 1.54) is 0 Å². The van der Waals surface area contributed by atoms with Crippen LogP contribution in [0.5, 0.6) is 5.75 Å². The highest BCUT2D eigenvalue weighted by atomic mass is 16.5. The number of pyridine rings is 1. The molecule has 1 amide bonds. The van der Waals surface area contributed by atoms with Crippen molar-refractivity contribution in [3.05, 3.63) is 66.2 Å². The van der Waals surface area contributed by atoms with Crippen molar-refractivity contribution in [1.82, 2.24) is 10.3 Å². The predicted molar refractivity (Wildman–Crippen MR) is 116 cm³/mol. The first-order valence-corrected chi connectivity index (χ1v) is 10.3. The Kier molecular flexibility index (Phi) is 5.94. The number of rotatable bonds is 6. The van der Waals surface area contributed by atoms with E-state index in [9.17, 15) is 4.79 Å². The van der Waals surface area contributed by atoms with Gasteiger partial charge in [-0.1, -0.05) is 30.3 Å². The second kappa shape index (κ2) is 8.95. The summed E-state index contributed by atoms with van der Waals surface area (Å²) in [5.74, 6) is 1.60. The van der Waals surface area contributed by atoms with Crippen LogP contribution >= 0.6 is 0 Å². The smallest absolute Gasteiger partial charge is 0.258 e. The van der Waals surface area contributed by atoms with Crippen LogP contribution in [-0.2, 0) is 4.79 Å². The zero-order valence-electron chi connectivity index (χ0n) is 16.7. The Balaban J connectivity index is 1.22. The number of aromatic nitrogens is 1. The van der Waals surface area contributed by atoms with Gasteiger partial charge in [0.25, 0.3) is 5.91 Å². The zero-order chi connectivity index (χ0) is 20.1. The van der Waals surface area contributed by atoms with Gasteiger partial charge in [-0.05, 0) is 68.5 Å². The number of nitrogens with zero attached hydrogens (tertiary/aromatic N) is 1. The van der Waals surface area contributed by atoms with Crippen molar-refractivity contribution in [2.24, 2.45) is 0 Å². The molecule has 0 atom stereocenters. The van der Waals surface area contributed by atoms with Crippen LogP contribution in [0.25, 0.3) is 10.9 Å². The van der Waals surface area contributed by atoms with Gasteiger partial charge in [-0.25, -0.2) is 4.98 Å². The quantitative estimate of drug-likeness (QED) is 0.653. The van der Waals surface area contributed by atoms with Crippen molar-refractivity contribution in [2.45, 2.75) is 44.7 Å². The molecule has 0 spiro atoms. The lowest BCUT2D eigenvalue weighted by Gasteiger charge is -2.30. The van der Waals surface area contributed by atoms with E-state index in [2.05, 4.69) is 22.8 Å². The topological polar surface area (TPSA) is 63.2 Å². The molecule has 0 aliphatic heterocycles. The maximum absolute atomic E-state index is 12.2. The maximum Gasteiger partial charge on any atom is 0.258 e. The summed E-state index contributed by atoms with van der Waals surface area (Å²) in [7, 11) is 0. The second-order valence-corrected chi connectivity index (χ2v) is 7.75. The number of hydrogen-bond donors (Lipinski definition) is 2. The van der Waals surface area contributed by atoms with E-state index in [0.29, 0.717) is 6.04 Å². The molecule has 1 fully saturated rings. The summed E-state index contributed by atoms with van der Waals surface area (Å²) in [6.45, 7) is 2.06. The van der Waals surface area contributed by atoms with Crippen LogP contribution in [-0.4, -0.2) is 29.6 Å². The van der Waals surface area contributed by atoms with Crippen molar-refractivity contribution < 1.29 is 9.53 Å². The summed E-state index contributed by atoms with van der Waals surface area (Å²) < 4.78 is 5.59. The summed E-state index contributed by atoms with van der Waals surface area (Å²) in [5.41, 5.74) is 2.13. The number of para-hydroxylation sites is 1. The second-order valence-electron chi connectivity index (χ2n) is 7.75. The van der Waals surface area contributed by atoms with Gasteiger partial charge in [0.2, 0.25) is 0 Å². The number of ether oxygens (including phenoxy) is 1. The Labute approximate surface area is 171 Å². The Morgan fingerprint density at radius 1 is 1.00 bits per heavy atom. The molecule has 5 nitrogen and oxygen atoms in total. The minimum absolute atomic E-state index is 0.0564. The van der Waals surface area contributed by atoms with Crippen molar-refractivity contribution in [1.29, 1.82) is 0 Å². The lowest BCUT2D eigenvalue weighted by Crippen LogP contribution is -2.42. The van der Waals surface area contributed by atoms with Gasteiger partial charge in [-0.2, -0.15) is 0 Å². The largest absolute Gasteiger partial charge is 0.484 e. The molecule has 2 aromatic carbocycles. The van der Waals surface area contributed by atoms with Gasteiger partial charge in [-0.15, -0.1) is 0 Å². The minimum Gasteiger partial charge on any atom is -0.484 e. The maximum atomic E-state index is 12.2. The lowest BCUT2D eigenvalue weighted by molar-refractivity contribution is -0.124. The van der Waals surface area contributed by atoms with Crippen molar-refractivity contribution in [2.75, 3.05) is 11.9 Å². The fourth-order valence-corrected chi connectivity index (χ4v) is 3.86. The molecule has 150 valence electrons. The van der Waals surface area contributed by atoms with Crippen LogP contribution in [0.2, 0.25) is 0 Å². The number of fused-ring (bicyclic) bond motifs is 1. The molecule has 0 radical (unpaired) electrons. The predicted octanol–water partition coefficient (Wildman–Crippen LogP) is 4.46. The van der Waals surface area contributed by atoms with Crippen molar-refractivity contribution in [3.8, 4) is 5.75 Å². The zero-order valence-corrected chi connectivity index (χ0v) is 16.7. The van der Waals surface area contributed by atoms with E-state index in [1.54, 1.807) is 0 Å². The normalized spacial score (nSPS) is 18.9. The standard InChI is InChI=1S/C24H27N3O2/c1-17-5-4-7-21(15-17)29-16-24(28)26-20-12-10-19(11-13-20)25-23-14-9-18-6-2-3-8-22(18)27-23/h2-9,14-15,19-20H,10-13,16H2,1H3,(H,25,27)(H,26,28). The van der Waals surface area contributed by atoms with Crippen LogP contribution in [0.1, 0.15) is 31.2 Å². The van der Waals surface area contributed by atoms with E-state index in [0.717, 1.165) is 53.7 Å². The number of amides is 1. The molecular formula is C24H27N3O2. The molecular weight excluding hydrogens is 362 g/mol. The molecule has 1 aliphatic rings. The number of carbonyl (C=O) groups is 1. The van der Waals surface area contributed by atoms with Gasteiger partial charge in [0, 0.05) is 17.5 Å². The molecule has 0 saturated heterocycles. The lowest BCUT2D eigenvalue weighted by atomic mass is 9.91. The summed E-state index contributed by atoms with van der Waals surface area (Å²) >= 11 is 0. The van der Waals surface area contributed by atoms with Crippen LogP contribution in [0.3, 0.4) is 0 Å². The number of nitrogens with one attached hydrogen (secondary N) is 2. The van der Waals surface area contributed by atoms with E-state index >= 15 is 0 Å². The highest BCUT2D eigenvalue weighted by Gasteiger charge is 2.22. The number of aryl methyl sites for hydroxylation is 1. The Hall–Kier alpha value is -3.08. The number of benzene rings is 2. The first-order chi connectivity index (χ1) is 14.2. The Morgan fingerprint density at radius 2 is 1.79 bits per heavy atom. The molecule has 1 saturated carbocycles. The molecule has 29 heavy (non-hydrogen) atoms. The molecule has 0 unspecified atom stereocenters. The molecule has 1 aliphatic carbocycles. The van der Waals surface area contributed by atoms with E-state index in [4.69, 9.17) is 9.72 Å². The monoisotopic (exact) mass is 389 g/mol. The summed E-state index contributed by atoms with van der Waals surface area (Å²) in [4.78, 5) is 16.9. The molecule has 4 rings (SSSR count). The van der Waals surface area contributed by atoms with Crippen molar-refractivity contribution in [3.63, 3.8) is 0 Å². The minimum atomic E-state index is -0.0564. The van der Waals surface area contributed by atoms with Gasteiger partial charge < -0.3 is 15.4 Å². The molecule has 5 heteroatoms. The van der Waals surface area contributed by atoms with Crippen molar-refractivity contribution >= 4 is 22.6 Å². The van der Waals surface area contributed by atoms with Crippen LogP contribution in [0, 0.1) is 6.92 Å². The van der Waals surface area contributed by atoms with E-state index < -0.39 is 0 Å². The molecule has 2 N–H and O–H groups in total. The Bertz CT molecular complexity index is 981. The Morgan fingerprint density at radius 3 is 2.62 bits per heavy atom. The summed E-state index contributed by atoms with van der Waals surface area (Å²) in [6.07, 6.45) is 3.94. The molecule has 0 bridgehead atoms.